The van der Waals surface area contributed by atoms with Crippen LogP contribution in [-0.4, -0.2) is 34.1 Å². The van der Waals surface area contributed by atoms with Crippen LogP contribution in [0.2, 0.25) is 0 Å². The highest BCUT2D eigenvalue weighted by molar-refractivity contribution is 4.92. The quantitative estimate of drug-likeness (QED) is 0.828. The van der Waals surface area contributed by atoms with Gasteiger partial charge in [0.1, 0.15) is 5.82 Å². The van der Waals surface area contributed by atoms with Crippen LogP contribution in [0.4, 0.5) is 0 Å². The summed E-state index contributed by atoms with van der Waals surface area (Å²) in [6, 6.07) is 0.620. The molecule has 1 aromatic rings. The van der Waals surface area contributed by atoms with Crippen molar-refractivity contribution in [1.29, 1.82) is 0 Å². The second kappa shape index (κ2) is 6.34. The maximum Gasteiger partial charge on any atom is 0.122 e. The fraction of sp³-hybridized carbons (Fsp3) is 0.786. The van der Waals surface area contributed by atoms with E-state index in [4.69, 9.17) is 5.73 Å². The van der Waals surface area contributed by atoms with Gasteiger partial charge in [-0.1, -0.05) is 19.3 Å². The molecule has 0 aliphatic heterocycles. The van der Waals surface area contributed by atoms with Crippen molar-refractivity contribution < 1.29 is 0 Å². The van der Waals surface area contributed by atoms with Gasteiger partial charge in [-0.2, -0.15) is 0 Å². The smallest absolute Gasteiger partial charge is 0.122 e. The number of nitrogens with zero attached hydrogens (tertiary/aromatic N) is 3. The van der Waals surface area contributed by atoms with Gasteiger partial charge in [0.25, 0.3) is 0 Å². The van der Waals surface area contributed by atoms with Gasteiger partial charge in [-0.15, -0.1) is 0 Å². The molecule has 2 atom stereocenters. The molecule has 2 N–H and O–H groups in total. The van der Waals surface area contributed by atoms with Gasteiger partial charge in [0.15, 0.2) is 0 Å². The Morgan fingerprint density at radius 1 is 1.39 bits per heavy atom. The van der Waals surface area contributed by atoms with Gasteiger partial charge in [-0.05, 0) is 32.4 Å². The average Bonchev–Trinajstić information content (AvgIpc) is 2.66. The molecule has 0 amide bonds. The van der Waals surface area contributed by atoms with E-state index < -0.39 is 0 Å². The summed E-state index contributed by atoms with van der Waals surface area (Å²) in [5, 5.41) is 0. The van der Waals surface area contributed by atoms with E-state index in [-0.39, 0.29) is 0 Å². The van der Waals surface area contributed by atoms with Gasteiger partial charge < -0.3 is 10.3 Å². The van der Waals surface area contributed by atoms with Crippen molar-refractivity contribution >= 4 is 0 Å². The Hall–Kier alpha value is -0.870. The molecule has 0 radical (unpaired) electrons. The molecule has 18 heavy (non-hydrogen) atoms. The number of hydrogen-bond donors (Lipinski definition) is 1. The van der Waals surface area contributed by atoms with E-state index in [0.29, 0.717) is 12.0 Å². The van der Waals surface area contributed by atoms with Crippen molar-refractivity contribution in [3.8, 4) is 0 Å². The van der Waals surface area contributed by atoms with Gasteiger partial charge in [0, 0.05) is 25.5 Å². The average molecular weight is 250 g/mol. The van der Waals surface area contributed by atoms with Crippen LogP contribution in [0.1, 0.15) is 37.9 Å². The fourth-order valence-electron chi connectivity index (χ4n) is 3.11. The lowest BCUT2D eigenvalue weighted by Gasteiger charge is -2.32. The lowest BCUT2D eigenvalue weighted by Crippen LogP contribution is -2.40. The zero-order chi connectivity index (χ0) is 13.0. The highest BCUT2D eigenvalue weighted by Crippen LogP contribution is 2.26. The van der Waals surface area contributed by atoms with E-state index in [9.17, 15) is 0 Å². The van der Waals surface area contributed by atoms with E-state index in [2.05, 4.69) is 28.5 Å². The Morgan fingerprint density at radius 3 is 2.83 bits per heavy atom. The summed E-state index contributed by atoms with van der Waals surface area (Å²) in [4.78, 5) is 6.86. The first-order valence-electron chi connectivity index (χ1n) is 7.09. The minimum Gasteiger partial charge on any atom is -0.337 e. The zero-order valence-corrected chi connectivity index (χ0v) is 11.7. The topological polar surface area (TPSA) is 47.1 Å². The van der Waals surface area contributed by atoms with Gasteiger partial charge in [0.2, 0.25) is 0 Å². The van der Waals surface area contributed by atoms with Crippen molar-refractivity contribution in [3.05, 3.63) is 18.2 Å². The van der Waals surface area contributed by atoms with Crippen LogP contribution in [0.25, 0.3) is 0 Å². The second-order valence-corrected chi connectivity index (χ2v) is 5.57. The first-order chi connectivity index (χ1) is 8.72. The summed E-state index contributed by atoms with van der Waals surface area (Å²) in [7, 11) is 4.27. The predicted molar refractivity (Wildman–Crippen MR) is 74.1 cm³/mol. The van der Waals surface area contributed by atoms with E-state index in [1.807, 2.05) is 12.4 Å². The maximum absolute atomic E-state index is 5.96. The molecular weight excluding hydrogens is 224 g/mol. The summed E-state index contributed by atoms with van der Waals surface area (Å²) in [6.45, 7) is 1.74. The Kier molecular flexibility index (Phi) is 4.78. The molecule has 0 spiro atoms. The molecule has 1 fully saturated rings. The summed E-state index contributed by atoms with van der Waals surface area (Å²) < 4.78 is 2.10. The van der Waals surface area contributed by atoms with Gasteiger partial charge in [-0.25, -0.2) is 4.98 Å². The molecule has 2 rings (SSSR count). The van der Waals surface area contributed by atoms with E-state index in [1.165, 1.54) is 32.1 Å². The number of nitrogens with two attached hydrogens (primary N) is 1. The summed E-state index contributed by atoms with van der Waals surface area (Å²) in [5.74, 6) is 1.79. The summed E-state index contributed by atoms with van der Waals surface area (Å²) in [5.41, 5.74) is 5.96. The van der Waals surface area contributed by atoms with Crippen LogP contribution in [-0.2, 0) is 13.6 Å². The normalized spacial score (nSPS) is 25.3. The van der Waals surface area contributed by atoms with Crippen LogP contribution in [0, 0.1) is 5.92 Å². The molecule has 0 bridgehead atoms. The predicted octanol–water partition coefficient (Wildman–Crippen LogP) is 1.76. The molecule has 102 valence electrons. The zero-order valence-electron chi connectivity index (χ0n) is 11.7. The molecule has 4 nitrogen and oxygen atoms in total. The Morgan fingerprint density at radius 2 is 2.17 bits per heavy atom. The number of imidazole rings is 1. The highest BCUT2D eigenvalue weighted by atomic mass is 15.2. The fourth-order valence-corrected chi connectivity index (χ4v) is 3.11. The summed E-state index contributed by atoms with van der Waals surface area (Å²) >= 11 is 0. The third-order valence-corrected chi connectivity index (χ3v) is 4.30. The number of hydrogen-bond acceptors (Lipinski definition) is 3. The number of rotatable bonds is 4. The SMILES string of the molecule is CN(Cc1nccn1C)C1CCCCCC1CN. The van der Waals surface area contributed by atoms with Crippen LogP contribution >= 0.6 is 0 Å². The molecule has 1 aromatic heterocycles. The lowest BCUT2D eigenvalue weighted by atomic mass is 9.94. The molecule has 1 aliphatic carbocycles. The van der Waals surface area contributed by atoms with Crippen molar-refractivity contribution in [3.63, 3.8) is 0 Å². The number of aromatic nitrogens is 2. The standard InChI is InChI=1S/C14H26N4/c1-17-9-8-16-14(17)11-18(2)13-7-5-3-4-6-12(13)10-15/h8-9,12-13H,3-7,10-11,15H2,1-2H3. The van der Waals surface area contributed by atoms with Crippen LogP contribution in [0.15, 0.2) is 12.4 Å². The Labute approximate surface area is 110 Å². The monoisotopic (exact) mass is 250 g/mol. The molecule has 4 heteroatoms. The van der Waals surface area contributed by atoms with Crippen molar-refractivity contribution in [1.82, 2.24) is 14.5 Å². The number of aryl methyl sites for hydroxylation is 1. The maximum atomic E-state index is 5.96. The first-order valence-corrected chi connectivity index (χ1v) is 7.09. The third kappa shape index (κ3) is 3.12. The van der Waals surface area contributed by atoms with Gasteiger partial charge in [-0.3, -0.25) is 4.90 Å². The van der Waals surface area contributed by atoms with Crippen LogP contribution in [0.5, 0.6) is 0 Å². The minimum atomic E-state index is 0.620. The molecule has 1 heterocycles. The lowest BCUT2D eigenvalue weighted by molar-refractivity contribution is 0.156. The van der Waals surface area contributed by atoms with Crippen LogP contribution < -0.4 is 5.73 Å². The largest absolute Gasteiger partial charge is 0.337 e. The van der Waals surface area contributed by atoms with Crippen molar-refractivity contribution in [2.75, 3.05) is 13.6 Å². The minimum absolute atomic E-state index is 0.620. The van der Waals surface area contributed by atoms with Gasteiger partial charge in [0.05, 0.1) is 6.54 Å². The van der Waals surface area contributed by atoms with E-state index >= 15 is 0 Å². The molecular formula is C14H26N4. The van der Waals surface area contributed by atoms with Crippen molar-refractivity contribution in [2.24, 2.45) is 18.7 Å². The molecule has 1 aliphatic rings. The van der Waals surface area contributed by atoms with Crippen molar-refractivity contribution in [2.45, 2.75) is 44.7 Å². The van der Waals surface area contributed by atoms with E-state index in [0.717, 1.165) is 18.9 Å². The van der Waals surface area contributed by atoms with Gasteiger partial charge >= 0.3 is 0 Å². The second-order valence-electron chi connectivity index (χ2n) is 5.57. The first kappa shape index (κ1) is 13.6. The Balaban J connectivity index is 2.01. The third-order valence-electron chi connectivity index (χ3n) is 4.30. The summed E-state index contributed by atoms with van der Waals surface area (Å²) in [6.07, 6.45) is 10.5. The van der Waals surface area contributed by atoms with E-state index in [1.54, 1.807) is 0 Å². The molecule has 2 unspecified atom stereocenters. The molecule has 1 saturated carbocycles. The molecule has 0 aromatic carbocycles. The molecule has 0 saturated heterocycles. The van der Waals surface area contributed by atoms with Crippen LogP contribution in [0.3, 0.4) is 0 Å². The Bertz CT molecular complexity index is 360. The highest BCUT2D eigenvalue weighted by Gasteiger charge is 2.26.